The largest absolute Gasteiger partial charge is 0.512 e. The minimum absolute atomic E-state index is 0.0634. The summed E-state index contributed by atoms with van der Waals surface area (Å²) < 4.78 is 21.0. The van der Waals surface area contributed by atoms with E-state index in [1.165, 1.54) is 18.3 Å². The van der Waals surface area contributed by atoms with Crippen molar-refractivity contribution in [3.8, 4) is 11.5 Å². The maximum atomic E-state index is 15.1. The van der Waals surface area contributed by atoms with Crippen molar-refractivity contribution in [2.24, 2.45) is 5.41 Å². The normalized spacial score (nSPS) is 14.1. The molecule has 0 unspecified atom stereocenters. The van der Waals surface area contributed by atoms with Gasteiger partial charge in [0, 0.05) is 35.4 Å². The maximum absolute atomic E-state index is 15.1. The topological polar surface area (TPSA) is 113 Å². The van der Waals surface area contributed by atoms with Crippen LogP contribution >= 0.6 is 0 Å². The van der Waals surface area contributed by atoms with Gasteiger partial charge >= 0.3 is 0 Å². The number of aryl methyl sites for hydroxylation is 1. The molecule has 0 bridgehead atoms. The van der Waals surface area contributed by atoms with E-state index < -0.39 is 17.1 Å². The number of anilines is 2. The predicted molar refractivity (Wildman–Crippen MR) is 156 cm³/mol. The first kappa shape index (κ1) is 27.5. The van der Waals surface area contributed by atoms with E-state index in [4.69, 9.17) is 4.74 Å². The van der Waals surface area contributed by atoms with Crippen LogP contribution in [0.5, 0.6) is 11.5 Å². The molecule has 0 saturated heterocycles. The van der Waals surface area contributed by atoms with E-state index in [1.54, 1.807) is 44.3 Å². The average molecular weight is 553 g/mol. The van der Waals surface area contributed by atoms with Gasteiger partial charge in [-0.05, 0) is 75.6 Å². The Labute approximate surface area is 236 Å². The molecular weight excluding hydrogens is 523 g/mol. The second kappa shape index (κ2) is 10.8. The molecule has 8 nitrogen and oxygen atoms in total. The zero-order valence-electron chi connectivity index (χ0n) is 22.9. The van der Waals surface area contributed by atoms with E-state index in [1.807, 2.05) is 19.1 Å². The molecule has 1 aliphatic rings. The lowest BCUT2D eigenvalue weighted by Crippen LogP contribution is -2.35. The van der Waals surface area contributed by atoms with Crippen LogP contribution in [-0.4, -0.2) is 26.9 Å². The van der Waals surface area contributed by atoms with Crippen LogP contribution in [0.15, 0.2) is 84.9 Å². The minimum Gasteiger partial charge on any atom is -0.512 e. The van der Waals surface area contributed by atoms with Crippen LogP contribution in [0.2, 0.25) is 0 Å². The molecule has 208 valence electrons. The zero-order chi connectivity index (χ0) is 29.3. The number of amides is 2. The molecule has 0 atom stereocenters. The molecule has 2 aromatic carbocycles. The summed E-state index contributed by atoms with van der Waals surface area (Å²) in [5.41, 5.74) is 2.89. The molecule has 41 heavy (non-hydrogen) atoms. The van der Waals surface area contributed by atoms with E-state index in [9.17, 15) is 14.7 Å². The summed E-state index contributed by atoms with van der Waals surface area (Å²) in [6.45, 7) is 9.17. The molecule has 3 N–H and O–H groups in total. The van der Waals surface area contributed by atoms with Gasteiger partial charge in [-0.2, -0.15) is 0 Å². The van der Waals surface area contributed by atoms with Gasteiger partial charge in [0.05, 0.1) is 22.4 Å². The Balaban J connectivity index is 1.31. The number of nitrogens with zero attached hydrogens (tertiary/aromatic N) is 2. The fraction of sp³-hybridized carbons (Fsp3) is 0.188. The number of aliphatic hydroxyl groups is 1. The molecule has 1 saturated carbocycles. The highest BCUT2D eigenvalue weighted by molar-refractivity contribution is 6.16. The van der Waals surface area contributed by atoms with Gasteiger partial charge < -0.3 is 20.5 Å². The summed E-state index contributed by atoms with van der Waals surface area (Å²) in [6, 6.07) is 14.7. The van der Waals surface area contributed by atoms with Gasteiger partial charge in [-0.15, -0.1) is 0 Å². The van der Waals surface area contributed by atoms with Crippen molar-refractivity contribution in [1.82, 2.24) is 9.97 Å². The number of hydrogen-bond acceptors (Lipinski definition) is 6. The van der Waals surface area contributed by atoms with Gasteiger partial charge in [-0.3, -0.25) is 19.6 Å². The molecule has 2 amide bonds. The minimum atomic E-state index is -1.19. The number of aromatic nitrogens is 2. The lowest BCUT2D eigenvalue weighted by Gasteiger charge is -2.16. The number of carbonyl (C=O) groups is 2. The lowest BCUT2D eigenvalue weighted by atomic mass is 10.0. The van der Waals surface area contributed by atoms with Crippen LogP contribution in [0.1, 0.15) is 37.9 Å². The molecular formula is C32H29FN4O4. The Morgan fingerprint density at radius 1 is 0.951 bits per heavy atom. The zero-order valence-corrected chi connectivity index (χ0v) is 22.9. The number of nitrogens with one attached hydrogen (secondary N) is 2. The van der Waals surface area contributed by atoms with Crippen molar-refractivity contribution < 1.29 is 23.8 Å². The van der Waals surface area contributed by atoms with Gasteiger partial charge in [-0.25, -0.2) is 4.39 Å². The third-order valence-corrected chi connectivity index (χ3v) is 6.97. The fourth-order valence-electron chi connectivity index (χ4n) is 4.56. The highest BCUT2D eigenvalue weighted by atomic mass is 19.1. The Morgan fingerprint density at radius 3 is 2.22 bits per heavy atom. The van der Waals surface area contributed by atoms with Crippen molar-refractivity contribution in [3.63, 3.8) is 0 Å². The molecule has 0 radical (unpaired) electrons. The summed E-state index contributed by atoms with van der Waals surface area (Å²) in [5.74, 6) is -1.22. The number of carbonyl (C=O) groups excluding carboxylic acids is 2. The first-order valence-corrected chi connectivity index (χ1v) is 13.1. The van der Waals surface area contributed by atoms with E-state index >= 15 is 4.39 Å². The molecule has 9 heteroatoms. The van der Waals surface area contributed by atoms with Gasteiger partial charge in [-0.1, -0.05) is 24.3 Å². The molecule has 0 aliphatic heterocycles. The second-order valence-corrected chi connectivity index (χ2v) is 10.2. The smallest absolute Gasteiger partial charge is 0.240 e. The summed E-state index contributed by atoms with van der Waals surface area (Å²) >= 11 is 0. The van der Waals surface area contributed by atoms with Crippen molar-refractivity contribution in [3.05, 3.63) is 102 Å². The molecule has 1 fully saturated rings. The monoisotopic (exact) mass is 552 g/mol. The third kappa shape index (κ3) is 5.65. The number of allylic oxidation sites excluding steroid dienone is 3. The lowest BCUT2D eigenvalue weighted by molar-refractivity contribution is -0.131. The van der Waals surface area contributed by atoms with Crippen LogP contribution in [0.4, 0.5) is 15.8 Å². The van der Waals surface area contributed by atoms with Crippen LogP contribution in [-0.2, 0) is 9.59 Å². The Hall–Kier alpha value is -5.05. The van der Waals surface area contributed by atoms with Crippen LogP contribution in [0.25, 0.3) is 16.5 Å². The second-order valence-electron chi connectivity index (χ2n) is 10.2. The first-order valence-electron chi connectivity index (χ1n) is 13.1. The van der Waals surface area contributed by atoms with Gasteiger partial charge in [0.2, 0.25) is 11.8 Å². The number of fused-ring (bicyclic) bond motifs is 1. The Bertz CT molecular complexity index is 1720. The Morgan fingerprint density at radius 2 is 1.61 bits per heavy atom. The average Bonchev–Trinajstić information content (AvgIpc) is 3.74. The summed E-state index contributed by atoms with van der Waals surface area (Å²) in [4.78, 5) is 34.7. The highest BCUT2D eigenvalue weighted by Crippen LogP contribution is 2.47. The summed E-state index contributed by atoms with van der Waals surface area (Å²) in [5, 5.41) is 16.1. The van der Waals surface area contributed by atoms with E-state index in [0.717, 1.165) is 11.6 Å². The third-order valence-electron chi connectivity index (χ3n) is 6.97. The molecule has 0 spiro atoms. The van der Waals surface area contributed by atoms with Gasteiger partial charge in [0.1, 0.15) is 11.2 Å². The van der Waals surface area contributed by atoms with Gasteiger partial charge in [0.25, 0.3) is 0 Å². The number of hydrogen-bond donors (Lipinski definition) is 3. The van der Waals surface area contributed by atoms with E-state index in [0.29, 0.717) is 52.0 Å². The fourth-order valence-corrected chi connectivity index (χ4v) is 4.56. The molecule has 5 rings (SSSR count). The SMILES string of the molecule is C=C(C)/C(=C(/C)O)c1cc2nccc(Oc3ccc(NC(=O)C4(C(=O)Nc5ccc(C)cc5)CC4)cc3F)c2cn1. The van der Waals surface area contributed by atoms with Crippen molar-refractivity contribution in [2.45, 2.75) is 33.6 Å². The van der Waals surface area contributed by atoms with Crippen molar-refractivity contribution in [1.29, 1.82) is 0 Å². The van der Waals surface area contributed by atoms with Gasteiger partial charge in [0.15, 0.2) is 11.6 Å². The number of aliphatic hydroxyl groups excluding tert-OH is 1. The molecule has 2 aromatic heterocycles. The number of halogens is 1. The Kier molecular flexibility index (Phi) is 7.28. The standard InChI is InChI=1S/C32H29FN4O4/c1-18(2)29(20(4)38)26-16-25-23(17-35-26)27(11-14-34-25)41-28-10-9-22(15-24(28)33)37-31(40)32(12-13-32)30(39)36-21-7-5-19(3)6-8-21/h5-11,14-17,38H,1,12-13H2,2-4H3,(H,36,39)(H,37,40)/b29-20+. The number of rotatable bonds is 8. The van der Waals surface area contributed by atoms with E-state index in [-0.39, 0.29) is 23.1 Å². The molecule has 2 heterocycles. The number of pyridine rings is 2. The molecule has 4 aromatic rings. The van der Waals surface area contributed by atoms with Crippen molar-refractivity contribution >= 4 is 39.7 Å². The van der Waals surface area contributed by atoms with Crippen LogP contribution < -0.4 is 15.4 Å². The van der Waals surface area contributed by atoms with Crippen LogP contribution in [0.3, 0.4) is 0 Å². The number of ether oxygens (including phenoxy) is 1. The maximum Gasteiger partial charge on any atom is 0.240 e. The van der Waals surface area contributed by atoms with E-state index in [2.05, 4.69) is 27.2 Å². The number of benzene rings is 2. The summed E-state index contributed by atoms with van der Waals surface area (Å²) in [7, 11) is 0. The first-order chi connectivity index (χ1) is 19.6. The van der Waals surface area contributed by atoms with Crippen LogP contribution in [0, 0.1) is 18.2 Å². The van der Waals surface area contributed by atoms with Crippen molar-refractivity contribution in [2.75, 3.05) is 10.6 Å². The summed E-state index contributed by atoms with van der Waals surface area (Å²) in [6.07, 6.45) is 3.89. The molecule has 1 aliphatic carbocycles. The predicted octanol–water partition coefficient (Wildman–Crippen LogP) is 7.09. The quantitative estimate of drug-likeness (QED) is 0.122. The highest BCUT2D eigenvalue weighted by Gasteiger charge is 2.56.